The quantitative estimate of drug-likeness (QED) is 0.0932. The SMILES string of the molecule is COC(=O)C(CC#Cc1ccc2c(c1)C1(C(=O)N2)C(C(N)=O)C2C(=O)OC(c3ccccc3)C(c3ccccc3)N2C1c1cccc(OCCO)c1)C(=O)OC. The molecule has 0 radical (unpaired) electrons. The number of morpholine rings is 1. The number of methoxy groups -OCH3 is 2. The highest BCUT2D eigenvalue weighted by Crippen LogP contribution is 2.64. The minimum atomic E-state index is -1.82. The fraction of sp³-hybridized carbons (Fsp3) is 0.279. The number of amides is 2. The van der Waals surface area contributed by atoms with Crippen molar-refractivity contribution >= 4 is 35.4 Å². The van der Waals surface area contributed by atoms with Crippen LogP contribution in [0.15, 0.2) is 103 Å². The highest BCUT2D eigenvalue weighted by molar-refractivity contribution is 6.12. The van der Waals surface area contributed by atoms with Crippen molar-refractivity contribution in [2.45, 2.75) is 36.1 Å². The maximum atomic E-state index is 15.0. The first kappa shape index (κ1) is 37.8. The van der Waals surface area contributed by atoms with Gasteiger partial charge in [-0.15, -0.1) is 0 Å². The normalized spacial score (nSPS) is 23.6. The van der Waals surface area contributed by atoms with Gasteiger partial charge in [0.15, 0.2) is 5.92 Å². The molecule has 0 bridgehead atoms. The molecule has 2 saturated heterocycles. The molecule has 4 aromatic rings. The second-order valence-electron chi connectivity index (χ2n) is 13.6. The van der Waals surface area contributed by atoms with Crippen LogP contribution in [0.2, 0.25) is 0 Å². The van der Waals surface area contributed by atoms with Crippen LogP contribution >= 0.6 is 0 Å². The fourth-order valence-electron chi connectivity index (χ4n) is 8.44. The van der Waals surface area contributed by atoms with E-state index in [0.717, 1.165) is 19.8 Å². The summed E-state index contributed by atoms with van der Waals surface area (Å²) in [6, 6.07) is 27.6. The van der Waals surface area contributed by atoms with Crippen molar-refractivity contribution in [2.75, 3.05) is 32.8 Å². The van der Waals surface area contributed by atoms with Gasteiger partial charge < -0.3 is 35.1 Å². The molecule has 13 nitrogen and oxygen atoms in total. The molecule has 0 aromatic heterocycles. The summed E-state index contributed by atoms with van der Waals surface area (Å²) in [5, 5.41) is 12.5. The van der Waals surface area contributed by atoms with Gasteiger partial charge >= 0.3 is 17.9 Å². The molecular formula is C43H39N3O10. The third-order valence-electron chi connectivity index (χ3n) is 10.7. The van der Waals surface area contributed by atoms with E-state index in [2.05, 4.69) is 17.2 Å². The number of nitrogens with zero attached hydrogens (tertiary/aromatic N) is 1. The molecule has 2 amide bonds. The smallest absolute Gasteiger partial charge is 0.324 e. The molecule has 4 N–H and O–H groups in total. The molecular weight excluding hydrogens is 718 g/mol. The monoisotopic (exact) mass is 757 g/mol. The van der Waals surface area contributed by atoms with Crippen LogP contribution in [-0.4, -0.2) is 73.2 Å². The molecule has 13 heteroatoms. The summed E-state index contributed by atoms with van der Waals surface area (Å²) in [6.07, 6.45) is -1.08. The minimum absolute atomic E-state index is 0.00270. The van der Waals surface area contributed by atoms with Crippen LogP contribution in [0.25, 0.3) is 0 Å². The van der Waals surface area contributed by atoms with Gasteiger partial charge in [0.2, 0.25) is 11.8 Å². The molecule has 2 fully saturated rings. The van der Waals surface area contributed by atoms with E-state index in [9.17, 15) is 29.1 Å². The van der Waals surface area contributed by atoms with Gasteiger partial charge in [-0.25, -0.2) is 0 Å². The molecule has 3 heterocycles. The Morgan fingerprint density at radius 2 is 1.54 bits per heavy atom. The number of primary amides is 1. The molecule has 4 aromatic carbocycles. The van der Waals surface area contributed by atoms with Crippen LogP contribution in [-0.2, 0) is 43.6 Å². The number of hydrogen-bond acceptors (Lipinski definition) is 11. The highest BCUT2D eigenvalue weighted by Gasteiger charge is 2.73. The van der Waals surface area contributed by atoms with Crippen molar-refractivity contribution in [1.29, 1.82) is 0 Å². The summed E-state index contributed by atoms with van der Waals surface area (Å²) in [5.74, 6) is -0.283. The van der Waals surface area contributed by atoms with Crippen molar-refractivity contribution in [1.82, 2.24) is 4.90 Å². The van der Waals surface area contributed by atoms with Gasteiger partial charge in [0.05, 0.1) is 38.8 Å². The fourth-order valence-corrected chi connectivity index (χ4v) is 8.44. The number of ether oxygens (including phenoxy) is 4. The lowest BCUT2D eigenvalue weighted by molar-refractivity contribution is -0.178. The Bertz CT molecular complexity index is 2220. The first-order chi connectivity index (χ1) is 27.1. The van der Waals surface area contributed by atoms with Gasteiger partial charge in [-0.05, 0) is 52.6 Å². The zero-order valence-corrected chi connectivity index (χ0v) is 30.5. The van der Waals surface area contributed by atoms with Gasteiger partial charge in [-0.1, -0.05) is 84.6 Å². The summed E-state index contributed by atoms with van der Waals surface area (Å²) in [4.78, 5) is 70.1. The van der Waals surface area contributed by atoms with Crippen molar-refractivity contribution in [2.24, 2.45) is 17.6 Å². The van der Waals surface area contributed by atoms with Crippen LogP contribution < -0.4 is 15.8 Å². The number of anilines is 1. The first-order valence-corrected chi connectivity index (χ1v) is 18.0. The maximum Gasteiger partial charge on any atom is 0.324 e. The average molecular weight is 758 g/mol. The highest BCUT2D eigenvalue weighted by atomic mass is 16.6. The Kier molecular flexibility index (Phi) is 10.6. The number of cyclic esters (lactones) is 1. The molecule has 0 aliphatic carbocycles. The molecule has 6 atom stereocenters. The van der Waals surface area contributed by atoms with E-state index in [1.807, 2.05) is 65.6 Å². The number of fused-ring (bicyclic) bond motifs is 3. The standard InChI is InChI=1S/C43H39N3O10/c1-53-39(49)30(40(50)54-2)18-9-11-25-19-20-32-31(23-25)43(42(52)45-32)33(38(44)48)35-41(51)56-36(27-14-7-4-8-15-27)34(26-12-5-3-6-13-26)46(35)37(43)28-16-10-17-29(24-28)55-22-21-47/h3-8,10,12-17,19-20,23-24,30,33-37,47H,18,21-22H2,1-2H3,(H2,44,48)(H,45,52). The van der Waals surface area contributed by atoms with Gasteiger partial charge in [-0.3, -0.25) is 28.9 Å². The number of carbonyl (C=O) groups is 5. The van der Waals surface area contributed by atoms with Gasteiger partial charge in [-0.2, -0.15) is 0 Å². The van der Waals surface area contributed by atoms with E-state index >= 15 is 0 Å². The average Bonchev–Trinajstić information content (AvgIpc) is 3.70. The third-order valence-corrected chi connectivity index (χ3v) is 10.7. The number of aliphatic hydroxyl groups is 1. The van der Waals surface area contributed by atoms with E-state index in [0.29, 0.717) is 33.7 Å². The Hall–Kier alpha value is -6.49. The van der Waals surface area contributed by atoms with Gasteiger partial charge in [0, 0.05) is 17.7 Å². The lowest BCUT2D eigenvalue weighted by Gasteiger charge is -2.46. The number of benzene rings is 4. The molecule has 286 valence electrons. The lowest BCUT2D eigenvalue weighted by atomic mass is 9.65. The number of hydrogen-bond donors (Lipinski definition) is 3. The lowest BCUT2D eigenvalue weighted by Crippen LogP contribution is -2.53. The zero-order valence-electron chi connectivity index (χ0n) is 30.5. The summed E-state index contributed by atoms with van der Waals surface area (Å²) in [7, 11) is 2.32. The van der Waals surface area contributed by atoms with Crippen LogP contribution in [0.5, 0.6) is 5.75 Å². The predicted molar refractivity (Wildman–Crippen MR) is 200 cm³/mol. The number of nitrogens with two attached hydrogens (primary N) is 1. The maximum absolute atomic E-state index is 15.0. The number of carbonyl (C=O) groups excluding carboxylic acids is 5. The van der Waals surface area contributed by atoms with Gasteiger partial charge in [0.25, 0.3) is 0 Å². The molecule has 56 heavy (non-hydrogen) atoms. The number of aliphatic hydroxyl groups excluding tert-OH is 1. The van der Waals surface area contributed by atoms with Crippen molar-refractivity contribution < 1.29 is 48.0 Å². The van der Waals surface area contributed by atoms with E-state index in [1.165, 1.54) is 0 Å². The summed E-state index contributed by atoms with van der Waals surface area (Å²) in [5.41, 5.74) is 7.65. The third kappa shape index (κ3) is 6.42. The van der Waals surface area contributed by atoms with E-state index in [-0.39, 0.29) is 19.6 Å². The summed E-state index contributed by atoms with van der Waals surface area (Å²) < 4.78 is 21.7. The molecule has 1 spiro atoms. The summed E-state index contributed by atoms with van der Waals surface area (Å²) >= 11 is 0. The largest absolute Gasteiger partial charge is 0.491 e. The molecule has 6 unspecified atom stereocenters. The minimum Gasteiger partial charge on any atom is -0.491 e. The second kappa shape index (κ2) is 15.7. The van der Waals surface area contributed by atoms with Crippen molar-refractivity contribution in [3.8, 4) is 17.6 Å². The Morgan fingerprint density at radius 1 is 0.875 bits per heavy atom. The zero-order chi connectivity index (χ0) is 39.6. The van der Waals surface area contributed by atoms with Crippen LogP contribution in [0.4, 0.5) is 5.69 Å². The Balaban J connectivity index is 1.47. The van der Waals surface area contributed by atoms with E-state index < -0.39 is 71.2 Å². The van der Waals surface area contributed by atoms with E-state index in [4.69, 9.17) is 24.7 Å². The van der Waals surface area contributed by atoms with Crippen molar-refractivity contribution in [3.05, 3.63) is 131 Å². The van der Waals surface area contributed by atoms with Crippen LogP contribution in [0.1, 0.15) is 52.4 Å². The Labute approximate surface area is 322 Å². The van der Waals surface area contributed by atoms with Gasteiger partial charge in [0.1, 0.15) is 29.9 Å². The predicted octanol–water partition coefficient (Wildman–Crippen LogP) is 3.52. The molecule has 7 rings (SSSR count). The number of nitrogens with one attached hydrogen (secondary N) is 1. The van der Waals surface area contributed by atoms with Crippen molar-refractivity contribution in [3.63, 3.8) is 0 Å². The molecule has 3 aliphatic heterocycles. The topological polar surface area (TPSA) is 184 Å². The molecule has 3 aliphatic rings. The number of rotatable bonds is 10. The molecule has 0 saturated carbocycles. The van der Waals surface area contributed by atoms with E-state index in [1.54, 1.807) is 42.5 Å². The summed E-state index contributed by atoms with van der Waals surface area (Å²) in [6.45, 7) is -0.238. The first-order valence-electron chi connectivity index (χ1n) is 18.0. The number of esters is 3. The second-order valence-corrected chi connectivity index (χ2v) is 13.6. The van der Waals surface area contributed by atoms with Crippen LogP contribution in [0, 0.1) is 23.7 Å². The Morgan fingerprint density at radius 3 is 2.18 bits per heavy atom. The van der Waals surface area contributed by atoms with Crippen LogP contribution in [0.3, 0.4) is 0 Å².